The lowest BCUT2D eigenvalue weighted by Crippen LogP contribution is -2.63. The lowest BCUT2D eigenvalue weighted by atomic mass is 9.91. The van der Waals surface area contributed by atoms with Gasteiger partial charge in [-0.05, 0) is 102 Å². The summed E-state index contributed by atoms with van der Waals surface area (Å²) in [6, 6.07) is -13.0. The maximum Gasteiger partial charge on any atom is 0.246 e. The Kier molecular flexibility index (Phi) is 31.0. The van der Waals surface area contributed by atoms with E-state index in [4.69, 9.17) is 0 Å². The number of allylic oxidation sites excluding steroid dienone is 2. The first-order chi connectivity index (χ1) is 39.1. The van der Waals surface area contributed by atoms with Gasteiger partial charge in [0.05, 0.1) is 18.2 Å². The second-order valence-electron chi connectivity index (χ2n) is 26.1. The van der Waals surface area contributed by atoms with Gasteiger partial charge in [0.15, 0.2) is 0 Å². The Labute approximate surface area is 507 Å². The number of nitrogens with one attached hydrogen (secondary N) is 5. The third-order valence-corrected chi connectivity index (χ3v) is 15.6. The van der Waals surface area contributed by atoms with Crippen LogP contribution in [0.15, 0.2) is 12.2 Å². The molecule has 0 aromatic carbocycles. The second kappa shape index (κ2) is 34.2. The molecule has 0 aliphatic carbocycles. The van der Waals surface area contributed by atoms with E-state index in [2.05, 4.69) is 26.6 Å². The molecule has 0 spiro atoms. The predicted octanol–water partition coefficient (Wildman–Crippen LogP) is 2.04. The SMILES string of the molecule is CC=CCC(C)C(O)C1C(=O)NC(CC)C(=O)N(C)CC(=O)NC(CC(C)(C)O)C(=O)NC(C(C)C)C(=O)N(C)C(CC(C)C)C(=O)NC(C)C(=O)NC(C)C(=O)N(C)C(CC(C)C)C(=O)N(C)C(CC(C)C)C(=O)N(C)C(C(C)C)C(=O)N1C. The molecule has 1 saturated heterocycles. The number of likely N-dealkylation sites (N-methyl/N-ethyl adjacent to an activating group) is 6. The van der Waals surface area contributed by atoms with E-state index in [-0.39, 0.29) is 49.9 Å². The van der Waals surface area contributed by atoms with Gasteiger partial charge in [0.1, 0.15) is 60.4 Å². The number of hydrogen-bond donors (Lipinski definition) is 7. The van der Waals surface area contributed by atoms with Crippen LogP contribution in [0.4, 0.5) is 0 Å². The zero-order chi connectivity index (χ0) is 66.0. The van der Waals surface area contributed by atoms with Crippen LogP contribution in [-0.2, 0) is 52.7 Å². The zero-order valence-corrected chi connectivity index (χ0v) is 55.5. The van der Waals surface area contributed by atoms with Crippen molar-refractivity contribution >= 4 is 65.0 Å². The van der Waals surface area contributed by atoms with Crippen LogP contribution in [-0.4, -0.2) is 226 Å². The summed E-state index contributed by atoms with van der Waals surface area (Å²) >= 11 is 0. The summed E-state index contributed by atoms with van der Waals surface area (Å²) in [5.41, 5.74) is -1.55. The summed E-state index contributed by atoms with van der Waals surface area (Å²) in [6.45, 7) is 28.0. The second-order valence-corrected chi connectivity index (χ2v) is 26.1. The van der Waals surface area contributed by atoms with Crippen LogP contribution in [0.25, 0.3) is 0 Å². The number of nitrogens with zero attached hydrogens (tertiary/aromatic N) is 6. The fraction of sp³-hybridized carbons (Fsp3) is 0.787. The number of aliphatic hydroxyl groups excluding tert-OH is 1. The molecule has 0 aromatic rings. The Morgan fingerprint density at radius 1 is 0.518 bits per heavy atom. The van der Waals surface area contributed by atoms with Crippen molar-refractivity contribution in [2.45, 2.75) is 228 Å². The molecule has 0 saturated carbocycles. The third kappa shape index (κ3) is 22.6. The summed E-state index contributed by atoms with van der Waals surface area (Å²) in [6.07, 6.45) is 2.37. The van der Waals surface area contributed by atoms with E-state index in [9.17, 15) is 53.4 Å². The predicted molar refractivity (Wildman–Crippen MR) is 325 cm³/mol. The van der Waals surface area contributed by atoms with Gasteiger partial charge in [-0.2, -0.15) is 0 Å². The minimum Gasteiger partial charge on any atom is -0.390 e. The van der Waals surface area contributed by atoms with E-state index in [0.29, 0.717) is 6.42 Å². The summed E-state index contributed by atoms with van der Waals surface area (Å²) in [4.78, 5) is 166. The number of carbonyl (C=O) groups excluding carboxylic acids is 11. The van der Waals surface area contributed by atoms with Gasteiger partial charge in [-0.3, -0.25) is 52.7 Å². The zero-order valence-electron chi connectivity index (χ0n) is 55.5. The normalized spacial score (nSPS) is 26.9. The molecule has 0 aromatic heterocycles. The van der Waals surface area contributed by atoms with Gasteiger partial charge in [0.25, 0.3) is 0 Å². The van der Waals surface area contributed by atoms with E-state index < -0.39 is 161 Å². The summed E-state index contributed by atoms with van der Waals surface area (Å²) < 4.78 is 0. The quantitative estimate of drug-likeness (QED) is 0.116. The average molecular weight is 1200 g/mol. The number of amides is 11. The van der Waals surface area contributed by atoms with E-state index in [1.54, 1.807) is 60.6 Å². The van der Waals surface area contributed by atoms with Crippen molar-refractivity contribution in [1.82, 2.24) is 56.0 Å². The lowest BCUT2D eigenvalue weighted by Gasteiger charge is -2.41. The molecule has 12 unspecified atom stereocenters. The van der Waals surface area contributed by atoms with Gasteiger partial charge in [0, 0.05) is 48.7 Å². The maximum atomic E-state index is 15.1. The molecule has 85 heavy (non-hydrogen) atoms. The smallest absolute Gasteiger partial charge is 0.246 e. The Balaban J connectivity index is 4.30. The van der Waals surface area contributed by atoms with Crippen LogP contribution in [0.2, 0.25) is 0 Å². The first-order valence-corrected chi connectivity index (χ1v) is 30.2. The monoisotopic (exact) mass is 1200 g/mol. The van der Waals surface area contributed by atoms with Crippen molar-refractivity contribution in [3.8, 4) is 0 Å². The molecule has 1 rings (SSSR count). The maximum absolute atomic E-state index is 15.1. The summed E-state index contributed by atoms with van der Waals surface area (Å²) in [5.74, 6) is -10.4. The van der Waals surface area contributed by atoms with Gasteiger partial charge in [-0.1, -0.05) is 95.2 Å². The molecule has 12 atom stereocenters. The average Bonchev–Trinajstić information content (AvgIpc) is 3.14. The van der Waals surface area contributed by atoms with Crippen molar-refractivity contribution in [2.75, 3.05) is 48.8 Å². The van der Waals surface area contributed by atoms with Gasteiger partial charge in [-0.15, -0.1) is 0 Å². The van der Waals surface area contributed by atoms with Crippen LogP contribution in [0, 0.1) is 35.5 Å². The van der Waals surface area contributed by atoms with E-state index in [1.165, 1.54) is 89.6 Å². The molecule has 7 N–H and O–H groups in total. The van der Waals surface area contributed by atoms with Gasteiger partial charge < -0.3 is 66.2 Å². The van der Waals surface area contributed by atoms with Crippen LogP contribution in [0.5, 0.6) is 0 Å². The van der Waals surface area contributed by atoms with Crippen molar-refractivity contribution in [3.05, 3.63) is 12.2 Å². The first-order valence-electron chi connectivity index (χ1n) is 30.2. The van der Waals surface area contributed by atoms with Crippen LogP contribution in [0.3, 0.4) is 0 Å². The highest BCUT2D eigenvalue weighted by atomic mass is 16.3. The van der Waals surface area contributed by atoms with Crippen molar-refractivity contribution in [3.63, 3.8) is 0 Å². The van der Waals surface area contributed by atoms with E-state index >= 15 is 9.59 Å². The highest BCUT2D eigenvalue weighted by molar-refractivity contribution is 5.99. The minimum absolute atomic E-state index is 0.0159. The summed E-state index contributed by atoms with van der Waals surface area (Å²) in [5, 5.41) is 36.3. The lowest BCUT2D eigenvalue weighted by molar-refractivity contribution is -0.157. The number of hydrogen-bond acceptors (Lipinski definition) is 13. The summed E-state index contributed by atoms with van der Waals surface area (Å²) in [7, 11) is 8.32. The fourth-order valence-corrected chi connectivity index (χ4v) is 10.5. The van der Waals surface area contributed by atoms with Crippen LogP contribution in [0.1, 0.15) is 156 Å². The molecule has 24 nitrogen and oxygen atoms in total. The topological polar surface area (TPSA) is 308 Å². The Bertz CT molecular complexity index is 2340. The van der Waals surface area contributed by atoms with E-state index in [1.807, 2.05) is 41.5 Å². The van der Waals surface area contributed by atoms with Crippen molar-refractivity contribution < 1.29 is 63.0 Å². The molecule has 24 heteroatoms. The van der Waals surface area contributed by atoms with E-state index in [0.717, 1.165) is 9.80 Å². The molecule has 486 valence electrons. The third-order valence-electron chi connectivity index (χ3n) is 15.6. The molecule has 11 amide bonds. The highest BCUT2D eigenvalue weighted by Gasteiger charge is 2.45. The molecular formula is C61H109N11O13. The van der Waals surface area contributed by atoms with Crippen LogP contribution >= 0.6 is 0 Å². The molecule has 1 aliphatic heterocycles. The first kappa shape index (κ1) is 76.8. The van der Waals surface area contributed by atoms with Gasteiger partial charge in [-0.25, -0.2) is 0 Å². The molecule has 0 radical (unpaired) electrons. The number of carbonyl (C=O) groups is 11. The highest BCUT2D eigenvalue weighted by Crippen LogP contribution is 2.25. The molecule has 1 fully saturated rings. The molecule has 0 bridgehead atoms. The standard InChI is InChI=1S/C61H109N11O13/c1-24-26-27-38(13)50(74)49-54(78)65-41(25-2)56(80)67(18)32-46(73)64-42(31-61(16,17)85)52(76)66-47(36(9)10)59(83)68(19)43(28-33(3)4)53(77)62-39(14)51(75)63-40(15)55(79)69(20)44(29-34(5)6)57(81)70(21)45(30-35(7)8)58(82)71(22)48(37(11)12)60(84)72(49)23/h24,26,33-45,47-50,74,85H,25,27-32H2,1-23H3,(H,62,77)(H,63,75)(H,64,73)(H,65,78)(H,66,76). The van der Waals surface area contributed by atoms with Gasteiger partial charge in [0.2, 0.25) is 65.0 Å². The van der Waals surface area contributed by atoms with Gasteiger partial charge >= 0.3 is 0 Å². The molecule has 1 aliphatic rings. The molecule has 1 heterocycles. The van der Waals surface area contributed by atoms with Crippen molar-refractivity contribution in [2.24, 2.45) is 35.5 Å². The molecular weight excluding hydrogens is 1090 g/mol. The Hall–Kier alpha value is -6.17. The number of aliphatic hydroxyl groups is 2. The van der Waals surface area contributed by atoms with Crippen molar-refractivity contribution in [1.29, 1.82) is 0 Å². The Morgan fingerprint density at radius 2 is 0.976 bits per heavy atom. The minimum atomic E-state index is -1.64. The van der Waals surface area contributed by atoms with Crippen LogP contribution < -0.4 is 26.6 Å². The Morgan fingerprint density at radius 3 is 1.44 bits per heavy atom. The largest absolute Gasteiger partial charge is 0.390 e. The fourth-order valence-electron chi connectivity index (χ4n) is 10.5. The number of rotatable bonds is 15.